The van der Waals surface area contributed by atoms with Crippen LogP contribution in [0.5, 0.6) is 0 Å². The van der Waals surface area contributed by atoms with E-state index in [0.29, 0.717) is 22.8 Å². The van der Waals surface area contributed by atoms with Crippen molar-refractivity contribution in [3.63, 3.8) is 0 Å². The number of aryl methyl sites for hydroxylation is 1. The third-order valence-corrected chi connectivity index (χ3v) is 1.73. The molecule has 0 N–H and O–H groups in total. The minimum absolute atomic E-state index is 0.426. The van der Waals surface area contributed by atoms with Crippen LogP contribution >= 0.6 is 0 Å². The van der Waals surface area contributed by atoms with Crippen molar-refractivity contribution in [3.05, 3.63) is 29.7 Å². The number of hydrogen-bond acceptors (Lipinski definition) is 4. The van der Waals surface area contributed by atoms with Crippen molar-refractivity contribution >= 4 is 0 Å². The molecule has 4 nitrogen and oxygen atoms in total. The molecule has 0 aliphatic heterocycles. The summed E-state index contributed by atoms with van der Waals surface area (Å²) in [6, 6.07) is 5.49. The van der Waals surface area contributed by atoms with Crippen LogP contribution in [0, 0.1) is 18.3 Å². The summed E-state index contributed by atoms with van der Waals surface area (Å²) in [6.45, 7) is 1.69. The highest BCUT2D eigenvalue weighted by Crippen LogP contribution is 2.24. The van der Waals surface area contributed by atoms with E-state index in [4.69, 9.17) is 14.2 Å². The minimum Gasteiger partial charge on any atom is -0.463 e. The molecule has 2 aromatic heterocycles. The highest BCUT2D eigenvalue weighted by atomic mass is 16.5. The second-order valence-electron chi connectivity index (χ2n) is 2.55. The topological polar surface area (TPSA) is 63.0 Å². The van der Waals surface area contributed by atoms with Gasteiger partial charge in [-0.2, -0.15) is 5.26 Å². The van der Waals surface area contributed by atoms with Gasteiger partial charge in [0.1, 0.15) is 11.6 Å². The van der Waals surface area contributed by atoms with Crippen molar-refractivity contribution in [2.24, 2.45) is 0 Å². The van der Waals surface area contributed by atoms with Crippen molar-refractivity contribution in [1.82, 2.24) is 5.16 Å². The minimum atomic E-state index is 0.426. The number of furan rings is 1. The Labute approximate surface area is 74.4 Å². The maximum absolute atomic E-state index is 8.80. The molecule has 0 amide bonds. The van der Waals surface area contributed by atoms with E-state index in [9.17, 15) is 0 Å². The van der Waals surface area contributed by atoms with Crippen molar-refractivity contribution in [2.75, 3.05) is 0 Å². The van der Waals surface area contributed by atoms with Gasteiger partial charge in [0.15, 0.2) is 17.2 Å². The molecular formula is C9H6N2O2. The Morgan fingerprint density at radius 1 is 1.54 bits per heavy atom. The van der Waals surface area contributed by atoms with Gasteiger partial charge in [-0.15, -0.1) is 0 Å². The van der Waals surface area contributed by atoms with Crippen LogP contribution in [-0.4, -0.2) is 5.16 Å². The summed E-state index contributed by atoms with van der Waals surface area (Å²) in [4.78, 5) is 0. The molecular weight excluding hydrogens is 168 g/mol. The van der Waals surface area contributed by atoms with Crippen molar-refractivity contribution < 1.29 is 8.94 Å². The van der Waals surface area contributed by atoms with Crippen LogP contribution in [-0.2, 0) is 0 Å². The Morgan fingerprint density at radius 3 is 3.00 bits per heavy atom. The molecule has 2 rings (SSSR count). The fourth-order valence-electron chi connectivity index (χ4n) is 1.09. The average Bonchev–Trinajstić information content (AvgIpc) is 2.71. The predicted molar refractivity (Wildman–Crippen MR) is 43.7 cm³/mol. The second-order valence-corrected chi connectivity index (χ2v) is 2.55. The average molecular weight is 174 g/mol. The molecule has 2 aromatic rings. The fourth-order valence-corrected chi connectivity index (χ4v) is 1.09. The van der Waals surface area contributed by atoms with E-state index in [1.54, 1.807) is 19.1 Å². The fraction of sp³-hybridized carbons (Fsp3) is 0.111. The lowest BCUT2D eigenvalue weighted by Crippen LogP contribution is -1.78. The summed E-state index contributed by atoms with van der Waals surface area (Å²) >= 11 is 0. The first kappa shape index (κ1) is 7.62. The molecule has 13 heavy (non-hydrogen) atoms. The van der Waals surface area contributed by atoms with Gasteiger partial charge >= 0.3 is 0 Å². The zero-order valence-electron chi connectivity index (χ0n) is 6.94. The summed E-state index contributed by atoms with van der Waals surface area (Å²) in [6.07, 6.45) is 1.53. The van der Waals surface area contributed by atoms with Gasteiger partial charge in [-0.1, -0.05) is 5.16 Å². The standard InChI is InChI=1S/C9H6N2O2/c1-6-7(5-10)9(11-13-6)8-3-2-4-12-8/h2-4H,1H3. The van der Waals surface area contributed by atoms with E-state index in [1.165, 1.54) is 6.26 Å². The predicted octanol–water partition coefficient (Wildman–Crippen LogP) is 2.11. The zero-order valence-corrected chi connectivity index (χ0v) is 6.94. The van der Waals surface area contributed by atoms with E-state index in [2.05, 4.69) is 5.16 Å². The van der Waals surface area contributed by atoms with Crippen LogP contribution < -0.4 is 0 Å². The Balaban J connectivity index is 2.60. The monoisotopic (exact) mass is 174 g/mol. The molecule has 0 fully saturated rings. The third kappa shape index (κ3) is 1.11. The van der Waals surface area contributed by atoms with E-state index in [0.717, 1.165) is 0 Å². The largest absolute Gasteiger partial charge is 0.463 e. The molecule has 0 aromatic carbocycles. The summed E-state index contributed by atoms with van der Waals surface area (Å²) in [5.74, 6) is 1.06. The van der Waals surface area contributed by atoms with Crippen LogP contribution in [0.25, 0.3) is 11.5 Å². The molecule has 2 heterocycles. The van der Waals surface area contributed by atoms with Crippen LogP contribution in [0.3, 0.4) is 0 Å². The van der Waals surface area contributed by atoms with E-state index >= 15 is 0 Å². The Morgan fingerprint density at radius 2 is 2.38 bits per heavy atom. The highest BCUT2D eigenvalue weighted by molar-refractivity contribution is 5.61. The molecule has 0 atom stereocenters. The zero-order chi connectivity index (χ0) is 9.26. The van der Waals surface area contributed by atoms with Gasteiger partial charge in [0.2, 0.25) is 0 Å². The molecule has 64 valence electrons. The number of hydrogen-bond donors (Lipinski definition) is 0. The van der Waals surface area contributed by atoms with E-state index < -0.39 is 0 Å². The van der Waals surface area contributed by atoms with E-state index in [1.807, 2.05) is 6.07 Å². The first-order valence-corrected chi connectivity index (χ1v) is 3.73. The van der Waals surface area contributed by atoms with Gasteiger partial charge in [-0.05, 0) is 19.1 Å². The first-order chi connectivity index (χ1) is 6.33. The summed E-state index contributed by atoms with van der Waals surface area (Å²) in [7, 11) is 0. The van der Waals surface area contributed by atoms with E-state index in [-0.39, 0.29) is 0 Å². The van der Waals surface area contributed by atoms with Gasteiger partial charge in [-0.25, -0.2) is 0 Å². The highest BCUT2D eigenvalue weighted by Gasteiger charge is 2.15. The Hall–Kier alpha value is -2.02. The molecule has 0 unspecified atom stereocenters. The number of nitrogens with zero attached hydrogens (tertiary/aromatic N) is 2. The second kappa shape index (κ2) is 2.79. The maximum Gasteiger partial charge on any atom is 0.167 e. The lowest BCUT2D eigenvalue weighted by molar-refractivity contribution is 0.397. The lowest BCUT2D eigenvalue weighted by Gasteiger charge is -1.86. The van der Waals surface area contributed by atoms with Crippen LogP contribution in [0.2, 0.25) is 0 Å². The van der Waals surface area contributed by atoms with Gasteiger partial charge in [0.05, 0.1) is 6.26 Å². The maximum atomic E-state index is 8.80. The quantitative estimate of drug-likeness (QED) is 0.664. The lowest BCUT2D eigenvalue weighted by atomic mass is 10.2. The summed E-state index contributed by atoms with van der Waals surface area (Å²) < 4.78 is 9.98. The number of rotatable bonds is 1. The first-order valence-electron chi connectivity index (χ1n) is 3.73. The molecule has 0 saturated carbocycles. The molecule has 0 aliphatic carbocycles. The molecule has 0 aliphatic rings. The van der Waals surface area contributed by atoms with Crippen LogP contribution in [0.4, 0.5) is 0 Å². The van der Waals surface area contributed by atoms with Crippen LogP contribution in [0.1, 0.15) is 11.3 Å². The summed E-state index contributed by atoms with van der Waals surface area (Å²) in [5, 5.41) is 12.5. The van der Waals surface area contributed by atoms with Crippen molar-refractivity contribution in [2.45, 2.75) is 6.92 Å². The SMILES string of the molecule is Cc1onc(-c2ccco2)c1C#N. The third-order valence-electron chi connectivity index (χ3n) is 1.73. The molecule has 0 saturated heterocycles. The molecule has 4 heteroatoms. The number of aromatic nitrogens is 1. The van der Waals surface area contributed by atoms with Crippen molar-refractivity contribution in [3.8, 4) is 17.5 Å². The molecule has 0 radical (unpaired) electrons. The molecule has 0 bridgehead atoms. The Kier molecular flexibility index (Phi) is 1.64. The molecule has 0 spiro atoms. The van der Waals surface area contributed by atoms with Gasteiger partial charge in [-0.3, -0.25) is 0 Å². The number of nitriles is 1. The van der Waals surface area contributed by atoms with Gasteiger partial charge in [0, 0.05) is 0 Å². The van der Waals surface area contributed by atoms with Crippen LogP contribution in [0.15, 0.2) is 27.3 Å². The van der Waals surface area contributed by atoms with Crippen molar-refractivity contribution in [1.29, 1.82) is 5.26 Å². The smallest absolute Gasteiger partial charge is 0.167 e. The van der Waals surface area contributed by atoms with Gasteiger partial charge in [0.25, 0.3) is 0 Å². The summed E-state index contributed by atoms with van der Waals surface area (Å²) in [5.41, 5.74) is 0.889. The Bertz CT molecular complexity index is 448. The normalized spacial score (nSPS) is 9.85. The van der Waals surface area contributed by atoms with Gasteiger partial charge < -0.3 is 8.94 Å².